The standard InChI is InChI=1S/C26H50OSi2/c1-5-6-16-23(2)28(3,24-17-10-7-11-18-24)27-29(4,25-19-12-8-13-20-25)26-21-14-9-15-22-26/h12,19,23-26H,5-11,13-18,20-22H2,1-4H3. The predicted octanol–water partition coefficient (Wildman–Crippen LogP) is 9.51. The minimum atomic E-state index is -1.79. The van der Waals surface area contributed by atoms with Crippen LogP contribution in [0.1, 0.15) is 117 Å². The van der Waals surface area contributed by atoms with Crippen molar-refractivity contribution in [2.24, 2.45) is 0 Å². The Morgan fingerprint density at radius 1 is 0.862 bits per heavy atom. The first-order chi connectivity index (χ1) is 14.0. The van der Waals surface area contributed by atoms with E-state index in [1.165, 1.54) is 103 Å². The zero-order valence-corrected chi connectivity index (χ0v) is 22.2. The molecule has 1 nitrogen and oxygen atoms in total. The average molecular weight is 435 g/mol. The monoisotopic (exact) mass is 434 g/mol. The van der Waals surface area contributed by atoms with Crippen molar-refractivity contribution >= 4 is 16.6 Å². The quantitative estimate of drug-likeness (QED) is 0.259. The van der Waals surface area contributed by atoms with Gasteiger partial charge in [-0.15, -0.1) is 0 Å². The minimum absolute atomic E-state index is 0.785. The Bertz CT molecular complexity index is 509. The highest BCUT2D eigenvalue weighted by Gasteiger charge is 2.53. The van der Waals surface area contributed by atoms with Crippen LogP contribution in [0.2, 0.25) is 35.3 Å². The number of hydrogen-bond acceptors (Lipinski definition) is 1. The second kappa shape index (κ2) is 11.1. The van der Waals surface area contributed by atoms with Gasteiger partial charge in [-0.25, -0.2) is 0 Å². The van der Waals surface area contributed by atoms with Crippen molar-refractivity contribution in [3.63, 3.8) is 0 Å². The summed E-state index contributed by atoms with van der Waals surface area (Å²) in [5.74, 6) is 0. The van der Waals surface area contributed by atoms with Crippen molar-refractivity contribution in [3.05, 3.63) is 12.2 Å². The molecule has 3 aliphatic rings. The van der Waals surface area contributed by atoms with Gasteiger partial charge in [-0.3, -0.25) is 0 Å². The van der Waals surface area contributed by atoms with Crippen LogP contribution in [-0.2, 0) is 4.12 Å². The fourth-order valence-electron chi connectivity index (χ4n) is 6.96. The minimum Gasteiger partial charge on any atom is -0.454 e. The highest BCUT2D eigenvalue weighted by atomic mass is 28.4. The molecule has 29 heavy (non-hydrogen) atoms. The lowest BCUT2D eigenvalue weighted by molar-refractivity contribution is 0.376. The van der Waals surface area contributed by atoms with Gasteiger partial charge >= 0.3 is 0 Å². The summed E-state index contributed by atoms with van der Waals surface area (Å²) in [5, 5.41) is 0. The lowest BCUT2D eigenvalue weighted by atomic mass is 10.0. The van der Waals surface area contributed by atoms with Gasteiger partial charge in [-0.05, 0) is 54.5 Å². The highest BCUT2D eigenvalue weighted by Crippen LogP contribution is 2.53. The van der Waals surface area contributed by atoms with Crippen LogP contribution < -0.4 is 0 Å². The summed E-state index contributed by atoms with van der Waals surface area (Å²) in [6.45, 7) is 10.4. The molecule has 0 aliphatic heterocycles. The van der Waals surface area contributed by atoms with Gasteiger partial charge in [-0.2, -0.15) is 0 Å². The SMILES string of the molecule is CCCCC(C)[Si](C)(O[Si](C)(C1C=CCCC1)C1CCCCC1)C1CCCCC1. The Balaban J connectivity index is 1.90. The third-order valence-corrected chi connectivity index (χ3v) is 21.3. The molecule has 0 N–H and O–H groups in total. The van der Waals surface area contributed by atoms with Gasteiger partial charge in [0.25, 0.3) is 0 Å². The maximum atomic E-state index is 7.93. The number of hydrogen-bond donors (Lipinski definition) is 0. The van der Waals surface area contributed by atoms with Crippen molar-refractivity contribution in [2.75, 3.05) is 0 Å². The molecule has 4 atom stereocenters. The van der Waals surface area contributed by atoms with Crippen LogP contribution in [0.15, 0.2) is 12.2 Å². The van der Waals surface area contributed by atoms with Crippen LogP contribution >= 0.6 is 0 Å². The van der Waals surface area contributed by atoms with E-state index in [-0.39, 0.29) is 0 Å². The van der Waals surface area contributed by atoms with Crippen LogP contribution in [0.3, 0.4) is 0 Å². The summed E-state index contributed by atoms with van der Waals surface area (Å²) in [6.07, 6.45) is 28.0. The lowest BCUT2D eigenvalue weighted by Crippen LogP contribution is -2.57. The molecule has 0 aromatic rings. The molecule has 0 heterocycles. The van der Waals surface area contributed by atoms with Crippen LogP contribution in [-0.4, -0.2) is 16.6 Å². The van der Waals surface area contributed by atoms with Crippen LogP contribution in [0.4, 0.5) is 0 Å². The molecule has 0 radical (unpaired) electrons. The number of rotatable bonds is 9. The molecule has 3 aliphatic carbocycles. The van der Waals surface area contributed by atoms with E-state index in [0.717, 1.165) is 22.2 Å². The first-order valence-corrected chi connectivity index (χ1v) is 18.5. The zero-order valence-electron chi connectivity index (χ0n) is 20.2. The first-order valence-electron chi connectivity index (χ1n) is 13.4. The molecule has 0 spiro atoms. The highest BCUT2D eigenvalue weighted by molar-refractivity contribution is 6.89. The van der Waals surface area contributed by atoms with Crippen LogP contribution in [0.5, 0.6) is 0 Å². The Kier molecular flexibility index (Phi) is 9.13. The van der Waals surface area contributed by atoms with E-state index in [4.69, 9.17) is 4.12 Å². The Labute approximate surface area is 184 Å². The second-order valence-electron chi connectivity index (χ2n) is 11.1. The molecular weight excluding hydrogens is 384 g/mol. The maximum absolute atomic E-state index is 7.93. The van der Waals surface area contributed by atoms with Crippen molar-refractivity contribution in [3.8, 4) is 0 Å². The third-order valence-electron chi connectivity index (χ3n) is 9.23. The van der Waals surface area contributed by atoms with Crippen molar-refractivity contribution < 1.29 is 4.12 Å². The van der Waals surface area contributed by atoms with E-state index in [9.17, 15) is 0 Å². The molecule has 0 aromatic heterocycles. The lowest BCUT2D eigenvalue weighted by Gasteiger charge is -2.52. The third kappa shape index (κ3) is 5.69. The summed E-state index contributed by atoms with van der Waals surface area (Å²) in [5.41, 5.74) is 3.45. The van der Waals surface area contributed by atoms with E-state index in [1.807, 2.05) is 0 Å². The summed E-state index contributed by atoms with van der Waals surface area (Å²) in [4.78, 5) is 0. The van der Waals surface area contributed by atoms with E-state index in [1.54, 1.807) is 0 Å². The summed E-state index contributed by atoms with van der Waals surface area (Å²) < 4.78 is 7.93. The van der Waals surface area contributed by atoms with Gasteiger partial charge in [0.05, 0.1) is 0 Å². The van der Waals surface area contributed by atoms with Crippen molar-refractivity contribution in [1.82, 2.24) is 0 Å². The Morgan fingerprint density at radius 2 is 1.48 bits per heavy atom. The van der Waals surface area contributed by atoms with Crippen molar-refractivity contribution in [1.29, 1.82) is 0 Å². The van der Waals surface area contributed by atoms with Gasteiger partial charge in [0.15, 0.2) is 16.6 Å². The van der Waals surface area contributed by atoms with Gasteiger partial charge in [0, 0.05) is 0 Å². The van der Waals surface area contributed by atoms with Crippen LogP contribution in [0.25, 0.3) is 0 Å². The molecule has 0 aromatic carbocycles. The van der Waals surface area contributed by atoms with E-state index >= 15 is 0 Å². The molecule has 3 rings (SSSR count). The van der Waals surface area contributed by atoms with E-state index in [0.29, 0.717) is 0 Å². The largest absolute Gasteiger partial charge is 0.454 e. The van der Waals surface area contributed by atoms with Gasteiger partial charge in [-0.1, -0.05) is 109 Å². The van der Waals surface area contributed by atoms with E-state index in [2.05, 4.69) is 39.1 Å². The molecule has 2 fully saturated rings. The molecule has 4 unspecified atom stereocenters. The molecule has 2 saturated carbocycles. The predicted molar refractivity (Wildman–Crippen MR) is 134 cm³/mol. The smallest absolute Gasteiger partial charge is 0.186 e. The topological polar surface area (TPSA) is 9.23 Å². The molecule has 168 valence electrons. The summed E-state index contributed by atoms with van der Waals surface area (Å²) >= 11 is 0. The van der Waals surface area contributed by atoms with Crippen molar-refractivity contribution in [2.45, 2.75) is 152 Å². The van der Waals surface area contributed by atoms with Gasteiger partial charge in [0.2, 0.25) is 0 Å². The fraction of sp³-hybridized carbons (Fsp3) is 0.923. The molecular formula is C26H50OSi2. The Hall–Kier alpha value is 0.134. The van der Waals surface area contributed by atoms with Gasteiger partial charge in [0.1, 0.15) is 0 Å². The van der Waals surface area contributed by atoms with E-state index < -0.39 is 16.6 Å². The summed E-state index contributed by atoms with van der Waals surface area (Å²) in [6, 6.07) is 0. The second-order valence-corrected chi connectivity index (χ2v) is 20.1. The molecule has 0 saturated heterocycles. The first kappa shape index (κ1) is 23.8. The number of allylic oxidation sites excluding steroid dienone is 2. The zero-order chi connectivity index (χ0) is 20.7. The summed E-state index contributed by atoms with van der Waals surface area (Å²) in [7, 11) is -3.56. The van der Waals surface area contributed by atoms with Gasteiger partial charge < -0.3 is 4.12 Å². The average Bonchev–Trinajstić information content (AvgIpc) is 2.79. The molecule has 0 bridgehead atoms. The Morgan fingerprint density at radius 3 is 2.03 bits per heavy atom. The molecule has 3 heteroatoms. The number of unbranched alkanes of at least 4 members (excludes halogenated alkanes) is 1. The fourth-order valence-corrected chi connectivity index (χ4v) is 20.1. The maximum Gasteiger partial charge on any atom is 0.186 e. The normalized spacial score (nSPS) is 29.9. The molecule has 0 amide bonds. The van der Waals surface area contributed by atoms with Crippen LogP contribution in [0, 0.1) is 0 Å².